The number of aliphatic hydroxyl groups excluding tert-OH is 1. The van der Waals surface area contributed by atoms with Crippen LogP contribution in [0, 0.1) is 18.2 Å². The van der Waals surface area contributed by atoms with E-state index in [1.54, 1.807) is 12.1 Å². The molecule has 148 valence electrons. The molecule has 1 atom stereocenters. The Kier molecular flexibility index (Phi) is 7.05. The fraction of sp³-hybridized carbons (Fsp3) is 0.391. The van der Waals surface area contributed by atoms with Gasteiger partial charge in [0.15, 0.2) is 0 Å². The van der Waals surface area contributed by atoms with Gasteiger partial charge in [-0.1, -0.05) is 24.1 Å². The first-order valence-electron chi connectivity index (χ1n) is 9.58. The van der Waals surface area contributed by atoms with Gasteiger partial charge in [-0.05, 0) is 30.2 Å². The highest BCUT2D eigenvalue weighted by Crippen LogP contribution is 2.22. The summed E-state index contributed by atoms with van der Waals surface area (Å²) in [5.74, 6) is 2.91. The van der Waals surface area contributed by atoms with Crippen LogP contribution in [0.25, 0.3) is 0 Å². The Labute approximate surface area is 166 Å². The van der Waals surface area contributed by atoms with Crippen LogP contribution in [0.1, 0.15) is 23.1 Å². The van der Waals surface area contributed by atoms with Crippen molar-refractivity contribution in [3.63, 3.8) is 0 Å². The molecule has 1 fully saturated rings. The van der Waals surface area contributed by atoms with Gasteiger partial charge in [0.05, 0.1) is 7.11 Å². The van der Waals surface area contributed by atoms with Crippen LogP contribution in [0.3, 0.4) is 0 Å². The van der Waals surface area contributed by atoms with Gasteiger partial charge in [0, 0.05) is 62.6 Å². The predicted molar refractivity (Wildman–Crippen MR) is 109 cm³/mol. The number of hydrogen-bond acceptors (Lipinski definition) is 4. The monoisotopic (exact) mass is 382 g/mol. The maximum atomic E-state index is 14.4. The van der Waals surface area contributed by atoms with Crippen molar-refractivity contribution in [3.05, 3.63) is 65.0 Å². The van der Waals surface area contributed by atoms with E-state index in [0.717, 1.165) is 31.7 Å². The lowest BCUT2D eigenvalue weighted by Crippen LogP contribution is -2.52. The summed E-state index contributed by atoms with van der Waals surface area (Å²) in [7, 11) is 1.53. The molecule has 1 heterocycles. The molecule has 2 aromatic carbocycles. The van der Waals surface area contributed by atoms with E-state index in [0.29, 0.717) is 24.3 Å². The molecule has 0 aromatic heterocycles. The molecule has 3 rings (SSSR count). The minimum atomic E-state index is -0.252. The Morgan fingerprint density at radius 2 is 1.96 bits per heavy atom. The smallest absolute Gasteiger partial charge is 0.131 e. The molecular formula is C23H27FN2O2. The molecule has 1 N–H and O–H groups in total. The zero-order valence-corrected chi connectivity index (χ0v) is 16.3. The fourth-order valence-electron chi connectivity index (χ4n) is 3.70. The topological polar surface area (TPSA) is 35.9 Å². The molecule has 0 aliphatic carbocycles. The van der Waals surface area contributed by atoms with Crippen molar-refractivity contribution in [2.24, 2.45) is 0 Å². The van der Waals surface area contributed by atoms with E-state index in [9.17, 15) is 9.50 Å². The zero-order chi connectivity index (χ0) is 19.9. The van der Waals surface area contributed by atoms with Crippen molar-refractivity contribution < 1.29 is 14.2 Å². The Morgan fingerprint density at radius 1 is 1.18 bits per heavy atom. The second kappa shape index (κ2) is 9.70. The maximum Gasteiger partial charge on any atom is 0.131 e. The molecule has 1 aliphatic heterocycles. The molecule has 0 saturated carbocycles. The van der Waals surface area contributed by atoms with Gasteiger partial charge < -0.3 is 9.84 Å². The SMILES string of the molecule is C#Cc1ccc(CN2CCN(Cc3ccc(OC)cc3F)[C@@H](CCO)C2)cc1. The summed E-state index contributed by atoms with van der Waals surface area (Å²) in [5, 5.41) is 9.50. The molecule has 28 heavy (non-hydrogen) atoms. The van der Waals surface area contributed by atoms with Gasteiger partial charge in [0.25, 0.3) is 0 Å². The summed E-state index contributed by atoms with van der Waals surface area (Å²) in [6.07, 6.45) is 6.09. The summed E-state index contributed by atoms with van der Waals surface area (Å²) >= 11 is 0. The van der Waals surface area contributed by atoms with Crippen LogP contribution in [-0.2, 0) is 13.1 Å². The van der Waals surface area contributed by atoms with E-state index in [4.69, 9.17) is 11.2 Å². The number of hydrogen-bond donors (Lipinski definition) is 1. The zero-order valence-electron chi connectivity index (χ0n) is 16.3. The van der Waals surface area contributed by atoms with Gasteiger partial charge in [-0.2, -0.15) is 0 Å². The van der Waals surface area contributed by atoms with E-state index in [1.807, 2.05) is 12.1 Å². The molecule has 0 radical (unpaired) electrons. The molecule has 1 saturated heterocycles. The summed E-state index contributed by atoms with van der Waals surface area (Å²) in [4.78, 5) is 4.64. The number of aliphatic hydroxyl groups is 1. The van der Waals surface area contributed by atoms with Crippen LogP contribution in [0.15, 0.2) is 42.5 Å². The molecule has 0 amide bonds. The Balaban J connectivity index is 1.64. The number of piperazine rings is 1. The van der Waals surface area contributed by atoms with E-state index < -0.39 is 0 Å². The Morgan fingerprint density at radius 3 is 2.61 bits per heavy atom. The van der Waals surface area contributed by atoms with Gasteiger partial charge >= 0.3 is 0 Å². The van der Waals surface area contributed by atoms with E-state index in [1.165, 1.54) is 18.7 Å². The average molecular weight is 382 g/mol. The molecule has 1 aliphatic rings. The van der Waals surface area contributed by atoms with Crippen molar-refractivity contribution >= 4 is 0 Å². The number of halogens is 1. The van der Waals surface area contributed by atoms with Crippen LogP contribution in [0.2, 0.25) is 0 Å². The van der Waals surface area contributed by atoms with Crippen LogP contribution in [0.4, 0.5) is 4.39 Å². The lowest BCUT2D eigenvalue weighted by atomic mass is 10.1. The normalized spacial score (nSPS) is 18.0. The van der Waals surface area contributed by atoms with E-state index in [2.05, 4.69) is 27.9 Å². The predicted octanol–water partition coefficient (Wildman–Crippen LogP) is 2.88. The Hall–Kier alpha value is -2.39. The number of ether oxygens (including phenoxy) is 1. The van der Waals surface area contributed by atoms with Crippen molar-refractivity contribution in [1.29, 1.82) is 0 Å². The number of terminal acetylenes is 1. The standard InChI is InChI=1S/C23H27FN2O2/c1-3-18-4-6-19(7-5-18)15-25-11-12-26(21(17-25)10-13-27)16-20-8-9-22(28-2)14-23(20)24/h1,4-9,14,21,27H,10-13,15-17H2,2H3/t21-/m0/s1. The lowest BCUT2D eigenvalue weighted by Gasteiger charge is -2.41. The number of nitrogens with zero attached hydrogens (tertiary/aromatic N) is 2. The first kappa shape index (κ1) is 20.3. The van der Waals surface area contributed by atoms with E-state index in [-0.39, 0.29) is 18.5 Å². The number of rotatable bonds is 7. The Bertz CT molecular complexity index is 816. The van der Waals surface area contributed by atoms with E-state index >= 15 is 0 Å². The minimum absolute atomic E-state index is 0.122. The van der Waals surface area contributed by atoms with Crippen LogP contribution in [-0.4, -0.2) is 54.3 Å². The number of benzene rings is 2. The number of methoxy groups -OCH3 is 1. The van der Waals surface area contributed by atoms with Gasteiger partial charge in [-0.3, -0.25) is 9.80 Å². The van der Waals surface area contributed by atoms with Gasteiger partial charge in [0.2, 0.25) is 0 Å². The van der Waals surface area contributed by atoms with Crippen molar-refractivity contribution in [2.75, 3.05) is 33.4 Å². The lowest BCUT2D eigenvalue weighted by molar-refractivity contribution is 0.0493. The van der Waals surface area contributed by atoms with Crippen molar-refractivity contribution in [1.82, 2.24) is 9.80 Å². The quantitative estimate of drug-likeness (QED) is 0.747. The summed E-state index contributed by atoms with van der Waals surface area (Å²) in [6.45, 7) is 4.07. The molecule has 0 unspecified atom stereocenters. The third-order valence-corrected chi connectivity index (χ3v) is 5.31. The van der Waals surface area contributed by atoms with Crippen molar-refractivity contribution in [3.8, 4) is 18.1 Å². The largest absolute Gasteiger partial charge is 0.497 e. The molecule has 5 heteroatoms. The van der Waals surface area contributed by atoms with Gasteiger partial charge in [0.1, 0.15) is 11.6 Å². The third kappa shape index (κ3) is 5.11. The van der Waals surface area contributed by atoms with Gasteiger partial charge in [-0.25, -0.2) is 4.39 Å². The molecule has 2 aromatic rings. The summed E-state index contributed by atoms with van der Waals surface area (Å²) < 4.78 is 19.4. The second-order valence-electron chi connectivity index (χ2n) is 7.17. The van der Waals surface area contributed by atoms with Crippen LogP contribution >= 0.6 is 0 Å². The highest BCUT2D eigenvalue weighted by Gasteiger charge is 2.27. The van der Waals surface area contributed by atoms with Crippen molar-refractivity contribution in [2.45, 2.75) is 25.6 Å². The van der Waals surface area contributed by atoms with Crippen LogP contribution in [0.5, 0.6) is 5.75 Å². The minimum Gasteiger partial charge on any atom is -0.497 e. The highest BCUT2D eigenvalue weighted by atomic mass is 19.1. The first-order valence-corrected chi connectivity index (χ1v) is 9.58. The molecular weight excluding hydrogens is 355 g/mol. The molecule has 0 spiro atoms. The molecule has 4 nitrogen and oxygen atoms in total. The fourth-order valence-corrected chi connectivity index (χ4v) is 3.70. The first-order chi connectivity index (χ1) is 13.6. The summed E-state index contributed by atoms with van der Waals surface area (Å²) in [5.41, 5.74) is 2.76. The second-order valence-corrected chi connectivity index (χ2v) is 7.17. The average Bonchev–Trinajstić information content (AvgIpc) is 2.72. The summed E-state index contributed by atoms with van der Waals surface area (Å²) in [6, 6.07) is 13.2. The maximum absolute atomic E-state index is 14.4. The van der Waals surface area contributed by atoms with Gasteiger partial charge in [-0.15, -0.1) is 6.42 Å². The molecule has 0 bridgehead atoms. The van der Waals surface area contributed by atoms with Crippen LogP contribution < -0.4 is 4.74 Å². The third-order valence-electron chi connectivity index (χ3n) is 5.31. The highest BCUT2D eigenvalue weighted by molar-refractivity contribution is 5.34.